The summed E-state index contributed by atoms with van der Waals surface area (Å²) in [5.74, 6) is 1.67. The van der Waals surface area contributed by atoms with Crippen molar-refractivity contribution < 1.29 is 0 Å². The molecule has 0 aliphatic heterocycles. The fourth-order valence-corrected chi connectivity index (χ4v) is 2.63. The second kappa shape index (κ2) is 5.39. The predicted octanol–water partition coefficient (Wildman–Crippen LogP) is 2.39. The Bertz CT molecular complexity index is 312. The third kappa shape index (κ3) is 3.01. The van der Waals surface area contributed by atoms with Crippen LogP contribution in [-0.2, 0) is 6.54 Å². The highest BCUT2D eigenvalue weighted by molar-refractivity contribution is 4.99. The van der Waals surface area contributed by atoms with Crippen molar-refractivity contribution in [3.8, 4) is 0 Å². The lowest BCUT2D eigenvalue weighted by atomic mass is 9.80. The lowest BCUT2D eigenvalue weighted by Gasteiger charge is -2.33. The molecule has 16 heavy (non-hydrogen) atoms. The van der Waals surface area contributed by atoms with Crippen molar-refractivity contribution in [3.05, 3.63) is 24.0 Å². The minimum Gasteiger partial charge on any atom is -0.308 e. The summed E-state index contributed by atoms with van der Waals surface area (Å²) in [6.07, 6.45) is 5.71. The van der Waals surface area contributed by atoms with Gasteiger partial charge in [-0.05, 0) is 43.2 Å². The van der Waals surface area contributed by atoms with Crippen LogP contribution in [0.5, 0.6) is 0 Å². The Hall–Kier alpha value is -0.960. The Balaban J connectivity index is 1.82. The van der Waals surface area contributed by atoms with Crippen molar-refractivity contribution >= 4 is 0 Å². The predicted molar refractivity (Wildman–Crippen MR) is 64.8 cm³/mol. The van der Waals surface area contributed by atoms with Gasteiger partial charge in [0, 0.05) is 18.8 Å². The van der Waals surface area contributed by atoms with Gasteiger partial charge in [-0.15, -0.1) is 0 Å². The van der Waals surface area contributed by atoms with E-state index in [1.165, 1.54) is 19.3 Å². The minimum atomic E-state index is 0.651. The van der Waals surface area contributed by atoms with E-state index in [9.17, 15) is 0 Å². The van der Waals surface area contributed by atoms with Gasteiger partial charge >= 0.3 is 0 Å². The van der Waals surface area contributed by atoms with Gasteiger partial charge in [0.1, 0.15) is 0 Å². The van der Waals surface area contributed by atoms with E-state index in [-0.39, 0.29) is 0 Å². The van der Waals surface area contributed by atoms with Crippen LogP contribution in [0, 0.1) is 11.8 Å². The zero-order valence-corrected chi connectivity index (χ0v) is 10.2. The lowest BCUT2D eigenvalue weighted by molar-refractivity contribution is 0.226. The van der Waals surface area contributed by atoms with Crippen LogP contribution in [-0.4, -0.2) is 16.2 Å². The Morgan fingerprint density at radius 2 is 2.25 bits per heavy atom. The van der Waals surface area contributed by atoms with Crippen LogP contribution >= 0.6 is 0 Å². The van der Waals surface area contributed by atoms with Crippen LogP contribution in [0.3, 0.4) is 0 Å². The summed E-state index contributed by atoms with van der Waals surface area (Å²) in [4.78, 5) is 0. The molecule has 1 N–H and O–H groups in total. The molecule has 1 aliphatic carbocycles. The first-order valence-electron chi connectivity index (χ1n) is 6.25. The van der Waals surface area contributed by atoms with Crippen molar-refractivity contribution in [1.82, 2.24) is 15.5 Å². The van der Waals surface area contributed by atoms with Gasteiger partial charge in [0.2, 0.25) is 0 Å². The largest absolute Gasteiger partial charge is 0.308 e. The number of aromatic nitrogens is 2. The van der Waals surface area contributed by atoms with E-state index in [0.717, 1.165) is 24.1 Å². The van der Waals surface area contributed by atoms with E-state index < -0.39 is 0 Å². The average Bonchev–Trinajstić information content (AvgIpc) is 2.29. The smallest absolute Gasteiger partial charge is 0.0769 e. The molecule has 1 aromatic heterocycles. The summed E-state index contributed by atoms with van der Waals surface area (Å²) >= 11 is 0. The molecule has 0 saturated heterocycles. The molecule has 1 heterocycles. The molecule has 0 spiro atoms. The van der Waals surface area contributed by atoms with E-state index in [0.29, 0.717) is 6.04 Å². The summed E-state index contributed by atoms with van der Waals surface area (Å²) in [5, 5.41) is 11.6. The summed E-state index contributed by atoms with van der Waals surface area (Å²) in [5.41, 5.74) is 1.04. The summed E-state index contributed by atoms with van der Waals surface area (Å²) < 4.78 is 0. The second-order valence-corrected chi connectivity index (χ2v) is 5.10. The van der Waals surface area contributed by atoms with Crippen molar-refractivity contribution in [3.63, 3.8) is 0 Å². The van der Waals surface area contributed by atoms with E-state index in [1.54, 1.807) is 6.20 Å². The minimum absolute atomic E-state index is 0.651. The van der Waals surface area contributed by atoms with Crippen LogP contribution in [0.2, 0.25) is 0 Å². The molecule has 1 fully saturated rings. The van der Waals surface area contributed by atoms with Gasteiger partial charge in [-0.25, -0.2) is 0 Å². The molecule has 0 aromatic carbocycles. The van der Waals surface area contributed by atoms with Gasteiger partial charge in [-0.1, -0.05) is 13.8 Å². The highest BCUT2D eigenvalue weighted by atomic mass is 15.1. The van der Waals surface area contributed by atoms with Crippen LogP contribution in [0.4, 0.5) is 0 Å². The normalized spacial score (nSPS) is 30.2. The molecule has 2 rings (SSSR count). The van der Waals surface area contributed by atoms with E-state index in [4.69, 9.17) is 0 Å². The second-order valence-electron chi connectivity index (χ2n) is 5.10. The zero-order chi connectivity index (χ0) is 11.4. The van der Waals surface area contributed by atoms with Gasteiger partial charge in [-0.2, -0.15) is 10.2 Å². The number of nitrogens with one attached hydrogen (secondary N) is 1. The molecule has 1 aromatic rings. The Morgan fingerprint density at radius 1 is 1.38 bits per heavy atom. The maximum Gasteiger partial charge on any atom is 0.0769 e. The van der Waals surface area contributed by atoms with Crippen LogP contribution < -0.4 is 5.32 Å². The Labute approximate surface area is 97.7 Å². The van der Waals surface area contributed by atoms with E-state index in [2.05, 4.69) is 29.4 Å². The molecule has 88 valence electrons. The van der Waals surface area contributed by atoms with Gasteiger partial charge < -0.3 is 5.32 Å². The first-order chi connectivity index (χ1) is 7.75. The van der Waals surface area contributed by atoms with E-state index in [1.807, 2.05) is 12.1 Å². The Morgan fingerprint density at radius 3 is 2.94 bits per heavy atom. The fraction of sp³-hybridized carbons (Fsp3) is 0.692. The number of hydrogen-bond donors (Lipinski definition) is 1. The molecule has 3 atom stereocenters. The average molecular weight is 219 g/mol. The zero-order valence-electron chi connectivity index (χ0n) is 10.2. The quantitative estimate of drug-likeness (QED) is 0.848. The molecule has 1 aliphatic rings. The SMILES string of the molecule is CC1CCC(NCc2cccnn2)C(C)C1. The van der Waals surface area contributed by atoms with Crippen molar-refractivity contribution in [2.45, 2.75) is 45.7 Å². The topological polar surface area (TPSA) is 37.8 Å². The molecule has 1 saturated carbocycles. The van der Waals surface area contributed by atoms with E-state index >= 15 is 0 Å². The first-order valence-corrected chi connectivity index (χ1v) is 6.25. The summed E-state index contributed by atoms with van der Waals surface area (Å²) in [7, 11) is 0. The standard InChI is InChI=1S/C13H21N3/c1-10-5-6-13(11(2)8-10)14-9-12-4-3-7-15-16-12/h3-4,7,10-11,13-14H,5-6,8-9H2,1-2H3. The van der Waals surface area contributed by atoms with Crippen molar-refractivity contribution in [1.29, 1.82) is 0 Å². The van der Waals surface area contributed by atoms with Gasteiger partial charge in [0.15, 0.2) is 0 Å². The molecule has 0 radical (unpaired) electrons. The monoisotopic (exact) mass is 219 g/mol. The number of nitrogens with zero attached hydrogens (tertiary/aromatic N) is 2. The maximum atomic E-state index is 4.09. The first kappa shape index (κ1) is 11.5. The summed E-state index contributed by atoms with van der Waals surface area (Å²) in [6.45, 7) is 5.55. The molecular formula is C13H21N3. The van der Waals surface area contributed by atoms with Gasteiger partial charge in [-0.3, -0.25) is 0 Å². The van der Waals surface area contributed by atoms with Crippen molar-refractivity contribution in [2.24, 2.45) is 11.8 Å². The molecule has 0 amide bonds. The van der Waals surface area contributed by atoms with Crippen LogP contribution in [0.25, 0.3) is 0 Å². The lowest BCUT2D eigenvalue weighted by Crippen LogP contribution is -2.38. The Kier molecular flexibility index (Phi) is 3.88. The molecule has 3 unspecified atom stereocenters. The highest BCUT2D eigenvalue weighted by Crippen LogP contribution is 2.28. The maximum absolute atomic E-state index is 4.09. The molecular weight excluding hydrogens is 198 g/mol. The molecule has 3 nitrogen and oxygen atoms in total. The van der Waals surface area contributed by atoms with Crippen LogP contribution in [0.1, 0.15) is 38.8 Å². The van der Waals surface area contributed by atoms with Gasteiger partial charge in [0.25, 0.3) is 0 Å². The number of hydrogen-bond acceptors (Lipinski definition) is 3. The third-order valence-corrected chi connectivity index (χ3v) is 3.60. The van der Waals surface area contributed by atoms with Crippen LogP contribution in [0.15, 0.2) is 18.3 Å². The van der Waals surface area contributed by atoms with Gasteiger partial charge in [0.05, 0.1) is 5.69 Å². The molecule has 0 bridgehead atoms. The fourth-order valence-electron chi connectivity index (χ4n) is 2.63. The third-order valence-electron chi connectivity index (χ3n) is 3.60. The highest BCUT2D eigenvalue weighted by Gasteiger charge is 2.24. The van der Waals surface area contributed by atoms with Crippen molar-refractivity contribution in [2.75, 3.05) is 0 Å². The number of rotatable bonds is 3. The summed E-state index contributed by atoms with van der Waals surface area (Å²) in [6, 6.07) is 4.62. The molecule has 3 heteroatoms.